The number of carbonyl (C=O) groups excluding carboxylic acids is 2. The molecule has 0 saturated carbocycles. The summed E-state index contributed by atoms with van der Waals surface area (Å²) in [5.41, 5.74) is 1.41. The van der Waals surface area contributed by atoms with E-state index in [0.29, 0.717) is 41.1 Å². The summed E-state index contributed by atoms with van der Waals surface area (Å²) in [6.45, 7) is 2.34. The van der Waals surface area contributed by atoms with E-state index in [9.17, 15) is 9.59 Å². The van der Waals surface area contributed by atoms with Crippen molar-refractivity contribution < 1.29 is 18.8 Å². The Labute approximate surface area is 178 Å². The van der Waals surface area contributed by atoms with E-state index in [4.69, 9.17) is 20.9 Å². The number of hydrogen-bond donors (Lipinski definition) is 2. The van der Waals surface area contributed by atoms with Gasteiger partial charge in [0.2, 0.25) is 17.6 Å². The molecule has 3 rings (SSSR count). The van der Waals surface area contributed by atoms with Crippen LogP contribution in [0.25, 0.3) is 11.4 Å². The van der Waals surface area contributed by atoms with E-state index in [-0.39, 0.29) is 24.8 Å². The second-order valence-corrected chi connectivity index (χ2v) is 6.77. The fraction of sp³-hybridized carbons (Fsp3) is 0.238. The van der Waals surface area contributed by atoms with Crippen LogP contribution in [0.5, 0.6) is 5.75 Å². The number of nitrogens with one attached hydrogen (secondary N) is 2. The summed E-state index contributed by atoms with van der Waals surface area (Å²) in [6.07, 6.45) is 0.512. The van der Waals surface area contributed by atoms with Gasteiger partial charge in [0.1, 0.15) is 5.75 Å². The van der Waals surface area contributed by atoms with E-state index in [0.717, 1.165) is 5.56 Å². The van der Waals surface area contributed by atoms with Crippen molar-refractivity contribution in [1.82, 2.24) is 15.5 Å². The van der Waals surface area contributed by atoms with Gasteiger partial charge in [0.05, 0.1) is 0 Å². The third-order valence-corrected chi connectivity index (χ3v) is 4.27. The molecule has 0 bridgehead atoms. The second-order valence-electron chi connectivity index (χ2n) is 6.33. The molecule has 0 aliphatic rings. The molecule has 1 heterocycles. The molecule has 0 aliphatic carbocycles. The third kappa shape index (κ3) is 6.31. The number of nitrogens with zero attached hydrogens (tertiary/aromatic N) is 2. The van der Waals surface area contributed by atoms with Crippen LogP contribution in [-0.4, -0.2) is 35.1 Å². The molecule has 3 aromatic rings. The molecule has 0 aliphatic heterocycles. The van der Waals surface area contributed by atoms with Gasteiger partial charge < -0.3 is 19.9 Å². The highest BCUT2D eigenvalue weighted by atomic mass is 35.5. The zero-order valence-corrected chi connectivity index (χ0v) is 17.1. The molecule has 0 fully saturated rings. The van der Waals surface area contributed by atoms with Crippen LogP contribution in [0.3, 0.4) is 0 Å². The van der Waals surface area contributed by atoms with E-state index < -0.39 is 0 Å². The molecule has 156 valence electrons. The lowest BCUT2D eigenvalue weighted by Crippen LogP contribution is -2.28. The van der Waals surface area contributed by atoms with Crippen LogP contribution >= 0.6 is 11.6 Å². The summed E-state index contributed by atoms with van der Waals surface area (Å²) in [6, 6.07) is 13.9. The molecule has 2 amide bonds. The van der Waals surface area contributed by atoms with Crippen LogP contribution in [0.2, 0.25) is 5.02 Å². The molecule has 0 unspecified atom stereocenters. The maximum atomic E-state index is 12.2. The van der Waals surface area contributed by atoms with Gasteiger partial charge in [0, 0.05) is 35.7 Å². The first kappa shape index (κ1) is 21.3. The lowest BCUT2D eigenvalue weighted by molar-refractivity contribution is -0.123. The van der Waals surface area contributed by atoms with Gasteiger partial charge in [-0.3, -0.25) is 9.59 Å². The minimum absolute atomic E-state index is 0.0538. The Morgan fingerprint density at radius 1 is 1.07 bits per heavy atom. The number of hydrogen-bond acceptors (Lipinski definition) is 6. The van der Waals surface area contributed by atoms with E-state index in [2.05, 4.69) is 20.8 Å². The van der Waals surface area contributed by atoms with Crippen molar-refractivity contribution in [2.24, 2.45) is 0 Å². The highest BCUT2D eigenvalue weighted by molar-refractivity contribution is 6.30. The number of aromatic nitrogens is 2. The lowest BCUT2D eigenvalue weighted by atomic mass is 10.2. The standard InChI is InChI=1S/C21H21ClN4O4/c1-2-23-19(28)13-29-17-9-7-16(8-10-17)24-18(27)11-12-20-25-21(26-30-20)14-3-5-15(22)6-4-14/h3-10H,2,11-13H2,1H3,(H,23,28)(H,24,27). The number of rotatable bonds is 9. The predicted octanol–water partition coefficient (Wildman–Crippen LogP) is 3.48. The van der Waals surface area contributed by atoms with Crippen LogP contribution < -0.4 is 15.4 Å². The molecule has 30 heavy (non-hydrogen) atoms. The number of halogens is 1. The van der Waals surface area contributed by atoms with Gasteiger partial charge in [-0.15, -0.1) is 0 Å². The topological polar surface area (TPSA) is 106 Å². The minimum Gasteiger partial charge on any atom is -0.484 e. The summed E-state index contributed by atoms with van der Waals surface area (Å²) >= 11 is 5.87. The van der Waals surface area contributed by atoms with Gasteiger partial charge in [-0.25, -0.2) is 0 Å². The van der Waals surface area contributed by atoms with E-state index in [1.807, 2.05) is 6.92 Å². The molecule has 0 atom stereocenters. The van der Waals surface area contributed by atoms with Crippen LogP contribution in [0.1, 0.15) is 19.2 Å². The molecule has 0 spiro atoms. The van der Waals surface area contributed by atoms with Crippen molar-refractivity contribution in [2.45, 2.75) is 19.8 Å². The first-order valence-corrected chi connectivity index (χ1v) is 9.79. The zero-order valence-electron chi connectivity index (χ0n) is 16.4. The Balaban J connectivity index is 1.45. The van der Waals surface area contributed by atoms with Crippen molar-refractivity contribution in [3.63, 3.8) is 0 Å². The summed E-state index contributed by atoms with van der Waals surface area (Å²) in [7, 11) is 0. The van der Waals surface area contributed by atoms with Crippen molar-refractivity contribution in [1.29, 1.82) is 0 Å². The largest absolute Gasteiger partial charge is 0.484 e. The molecule has 0 saturated heterocycles. The summed E-state index contributed by atoms with van der Waals surface area (Å²) in [5.74, 6) is 1.00. The van der Waals surface area contributed by atoms with E-state index >= 15 is 0 Å². The Morgan fingerprint density at radius 3 is 2.50 bits per heavy atom. The fourth-order valence-electron chi connectivity index (χ4n) is 2.55. The minimum atomic E-state index is -0.185. The molecular weight excluding hydrogens is 408 g/mol. The molecular formula is C21H21ClN4O4. The first-order chi connectivity index (χ1) is 14.5. The zero-order chi connectivity index (χ0) is 21.3. The molecule has 2 N–H and O–H groups in total. The van der Waals surface area contributed by atoms with Crippen molar-refractivity contribution >= 4 is 29.1 Å². The average molecular weight is 429 g/mol. The number of aryl methyl sites for hydroxylation is 1. The highest BCUT2D eigenvalue weighted by Crippen LogP contribution is 2.19. The number of ether oxygens (including phenoxy) is 1. The highest BCUT2D eigenvalue weighted by Gasteiger charge is 2.11. The van der Waals surface area contributed by atoms with Gasteiger partial charge in [-0.2, -0.15) is 4.98 Å². The molecule has 1 aromatic heterocycles. The quantitative estimate of drug-likeness (QED) is 0.540. The summed E-state index contributed by atoms with van der Waals surface area (Å²) in [5, 5.41) is 9.99. The van der Waals surface area contributed by atoms with Crippen LogP contribution in [-0.2, 0) is 16.0 Å². The van der Waals surface area contributed by atoms with Gasteiger partial charge in [0.25, 0.3) is 5.91 Å². The monoisotopic (exact) mass is 428 g/mol. The maximum absolute atomic E-state index is 12.2. The van der Waals surface area contributed by atoms with Crippen LogP contribution in [0, 0.1) is 0 Å². The Kier molecular flexibility index (Phi) is 7.40. The molecule has 8 nitrogen and oxygen atoms in total. The summed E-state index contributed by atoms with van der Waals surface area (Å²) < 4.78 is 10.6. The van der Waals surface area contributed by atoms with Gasteiger partial charge in [-0.1, -0.05) is 16.8 Å². The maximum Gasteiger partial charge on any atom is 0.257 e. The van der Waals surface area contributed by atoms with Gasteiger partial charge in [-0.05, 0) is 55.5 Å². The SMILES string of the molecule is CCNC(=O)COc1ccc(NC(=O)CCc2nc(-c3ccc(Cl)cc3)no2)cc1. The Hall–Kier alpha value is -3.39. The smallest absolute Gasteiger partial charge is 0.257 e. The van der Waals surface area contributed by atoms with Crippen molar-refractivity contribution in [3.05, 3.63) is 59.4 Å². The van der Waals surface area contributed by atoms with Crippen molar-refractivity contribution in [3.8, 4) is 17.1 Å². The van der Waals surface area contributed by atoms with E-state index in [1.165, 1.54) is 0 Å². The fourth-order valence-corrected chi connectivity index (χ4v) is 2.67. The van der Waals surface area contributed by atoms with Gasteiger partial charge >= 0.3 is 0 Å². The van der Waals surface area contributed by atoms with Crippen molar-refractivity contribution in [2.75, 3.05) is 18.5 Å². The number of benzene rings is 2. The average Bonchev–Trinajstić information content (AvgIpc) is 3.22. The van der Waals surface area contributed by atoms with Gasteiger partial charge in [0.15, 0.2) is 6.61 Å². The second kappa shape index (κ2) is 10.4. The number of anilines is 1. The molecule has 9 heteroatoms. The Morgan fingerprint density at radius 2 is 1.80 bits per heavy atom. The lowest BCUT2D eigenvalue weighted by Gasteiger charge is -2.08. The normalized spacial score (nSPS) is 10.5. The van der Waals surface area contributed by atoms with Crippen LogP contribution in [0.15, 0.2) is 53.1 Å². The van der Waals surface area contributed by atoms with E-state index in [1.54, 1.807) is 48.5 Å². The molecule has 2 aromatic carbocycles. The predicted molar refractivity (Wildman–Crippen MR) is 112 cm³/mol. The third-order valence-electron chi connectivity index (χ3n) is 4.02. The number of likely N-dealkylation sites (N-methyl/N-ethyl adjacent to an activating group) is 1. The molecule has 0 radical (unpaired) electrons. The first-order valence-electron chi connectivity index (χ1n) is 9.41. The number of amides is 2. The number of carbonyl (C=O) groups is 2. The Bertz CT molecular complexity index is 987. The van der Waals surface area contributed by atoms with Crippen LogP contribution in [0.4, 0.5) is 5.69 Å². The summed E-state index contributed by atoms with van der Waals surface area (Å²) in [4.78, 5) is 27.9.